The lowest BCUT2D eigenvalue weighted by atomic mass is 10.0. The fourth-order valence-corrected chi connectivity index (χ4v) is 3.54. The molecule has 5 nitrogen and oxygen atoms in total. The largest absolute Gasteiger partial charge is 0.384 e. The van der Waals surface area contributed by atoms with Crippen molar-refractivity contribution < 1.29 is 8.42 Å². The smallest absolute Gasteiger partial charge is 0.242 e. The molecule has 0 spiro atoms. The Morgan fingerprint density at radius 2 is 2.11 bits per heavy atom. The van der Waals surface area contributed by atoms with Gasteiger partial charge in [-0.05, 0) is 49.1 Å². The highest BCUT2D eigenvalue weighted by molar-refractivity contribution is 7.89. The van der Waals surface area contributed by atoms with Gasteiger partial charge >= 0.3 is 0 Å². The molecule has 3 rings (SSSR count). The lowest BCUT2D eigenvalue weighted by Gasteiger charge is -2.15. The molecule has 1 heterocycles. The van der Waals surface area contributed by atoms with E-state index < -0.39 is 10.0 Å². The van der Waals surface area contributed by atoms with Crippen molar-refractivity contribution in [2.45, 2.75) is 30.6 Å². The number of hydrogen-bond acceptors (Lipinski definition) is 4. The zero-order valence-electron chi connectivity index (χ0n) is 10.1. The zero-order chi connectivity index (χ0) is 12.8. The summed E-state index contributed by atoms with van der Waals surface area (Å²) in [5.41, 5.74) is 5.70. The maximum absolute atomic E-state index is 12.1. The molecule has 0 atom stereocenters. The number of anilines is 1. The summed E-state index contributed by atoms with van der Waals surface area (Å²) < 4.78 is 26.8. The van der Waals surface area contributed by atoms with Gasteiger partial charge in [0.15, 0.2) is 0 Å². The van der Waals surface area contributed by atoms with Crippen LogP contribution in [0.4, 0.5) is 5.82 Å². The summed E-state index contributed by atoms with van der Waals surface area (Å²) in [5, 5.41) is 0. The maximum atomic E-state index is 12.1. The van der Waals surface area contributed by atoms with Crippen LogP contribution in [0.25, 0.3) is 0 Å². The first kappa shape index (κ1) is 11.9. The molecule has 0 radical (unpaired) electrons. The van der Waals surface area contributed by atoms with Crippen molar-refractivity contribution in [1.82, 2.24) is 9.71 Å². The van der Waals surface area contributed by atoms with E-state index in [1.54, 1.807) is 0 Å². The van der Waals surface area contributed by atoms with Gasteiger partial charge in [0.1, 0.15) is 10.7 Å². The minimum atomic E-state index is -3.44. The van der Waals surface area contributed by atoms with Crippen molar-refractivity contribution in [3.63, 3.8) is 0 Å². The van der Waals surface area contributed by atoms with Crippen molar-refractivity contribution in [3.8, 4) is 0 Å². The molecule has 18 heavy (non-hydrogen) atoms. The highest BCUT2D eigenvalue weighted by Gasteiger charge is 2.53. The predicted octanol–water partition coefficient (Wildman–Crippen LogP) is 1.13. The molecule has 0 aliphatic heterocycles. The van der Waals surface area contributed by atoms with Gasteiger partial charge in [0.2, 0.25) is 10.0 Å². The predicted molar refractivity (Wildman–Crippen MR) is 68.2 cm³/mol. The second kappa shape index (κ2) is 3.93. The van der Waals surface area contributed by atoms with Gasteiger partial charge < -0.3 is 5.73 Å². The van der Waals surface area contributed by atoms with Crippen LogP contribution in [-0.4, -0.2) is 19.9 Å². The van der Waals surface area contributed by atoms with E-state index in [0.717, 1.165) is 18.8 Å². The van der Waals surface area contributed by atoms with Gasteiger partial charge in [0, 0.05) is 12.7 Å². The Balaban J connectivity index is 1.69. The van der Waals surface area contributed by atoms with E-state index in [1.807, 2.05) is 0 Å². The van der Waals surface area contributed by atoms with Crippen LogP contribution in [0, 0.1) is 11.3 Å². The topological polar surface area (TPSA) is 85.1 Å². The number of pyridine rings is 1. The molecule has 0 aromatic carbocycles. The van der Waals surface area contributed by atoms with E-state index in [-0.39, 0.29) is 10.3 Å². The Kier molecular flexibility index (Phi) is 2.60. The monoisotopic (exact) mass is 267 g/mol. The van der Waals surface area contributed by atoms with E-state index in [0.29, 0.717) is 12.4 Å². The van der Waals surface area contributed by atoms with Crippen LogP contribution >= 0.6 is 0 Å². The van der Waals surface area contributed by atoms with Crippen LogP contribution in [0.2, 0.25) is 0 Å². The Morgan fingerprint density at radius 3 is 2.61 bits per heavy atom. The van der Waals surface area contributed by atoms with Crippen LogP contribution in [0.3, 0.4) is 0 Å². The normalized spacial score (nSPS) is 21.8. The second-order valence-corrected chi connectivity index (χ2v) is 7.15. The number of nitrogens with zero attached hydrogens (tertiary/aromatic N) is 1. The maximum Gasteiger partial charge on any atom is 0.242 e. The van der Waals surface area contributed by atoms with Gasteiger partial charge in [-0.3, -0.25) is 0 Å². The van der Waals surface area contributed by atoms with Gasteiger partial charge in [0.05, 0.1) is 0 Å². The highest BCUT2D eigenvalue weighted by Crippen LogP contribution is 2.60. The van der Waals surface area contributed by atoms with Gasteiger partial charge in [-0.2, -0.15) is 0 Å². The standard InChI is InChI=1S/C12H17N3O2S/c13-11-4-3-10(7-14-11)18(16,17)15-8-12(5-6-12)9-1-2-9/h3-4,7,9,15H,1-2,5-6,8H2,(H2,13,14). The highest BCUT2D eigenvalue weighted by atomic mass is 32.2. The van der Waals surface area contributed by atoms with Gasteiger partial charge in [0.25, 0.3) is 0 Å². The molecule has 6 heteroatoms. The van der Waals surface area contributed by atoms with E-state index in [2.05, 4.69) is 9.71 Å². The van der Waals surface area contributed by atoms with Crippen LogP contribution in [0.1, 0.15) is 25.7 Å². The molecule has 98 valence electrons. The van der Waals surface area contributed by atoms with Gasteiger partial charge in [-0.25, -0.2) is 18.1 Å². The Morgan fingerprint density at radius 1 is 1.39 bits per heavy atom. The lowest BCUT2D eigenvalue weighted by Crippen LogP contribution is -2.31. The Labute approximate surface area is 107 Å². The van der Waals surface area contributed by atoms with Gasteiger partial charge in [-0.15, -0.1) is 0 Å². The Hall–Kier alpha value is -1.14. The number of hydrogen-bond donors (Lipinski definition) is 2. The molecule has 0 saturated heterocycles. The quantitative estimate of drug-likeness (QED) is 0.837. The second-order valence-electron chi connectivity index (χ2n) is 5.38. The summed E-state index contributed by atoms with van der Waals surface area (Å²) in [6.45, 7) is 0.560. The van der Waals surface area contributed by atoms with E-state index >= 15 is 0 Å². The summed E-state index contributed by atoms with van der Waals surface area (Å²) in [4.78, 5) is 4.00. The minimum Gasteiger partial charge on any atom is -0.384 e. The molecule has 2 fully saturated rings. The first-order valence-corrected chi connectivity index (χ1v) is 7.71. The summed E-state index contributed by atoms with van der Waals surface area (Å²) in [6, 6.07) is 2.99. The summed E-state index contributed by atoms with van der Waals surface area (Å²) in [6.07, 6.45) is 6.12. The number of nitrogen functional groups attached to an aromatic ring is 1. The molecule has 1 aromatic heterocycles. The lowest BCUT2D eigenvalue weighted by molar-refractivity contribution is 0.432. The number of nitrogens with two attached hydrogens (primary N) is 1. The van der Waals surface area contributed by atoms with Crippen LogP contribution < -0.4 is 10.5 Å². The zero-order valence-corrected chi connectivity index (χ0v) is 10.9. The van der Waals surface area contributed by atoms with E-state index in [1.165, 1.54) is 31.2 Å². The van der Waals surface area contributed by atoms with E-state index in [4.69, 9.17) is 5.73 Å². The summed E-state index contributed by atoms with van der Waals surface area (Å²) in [7, 11) is -3.44. The first-order valence-electron chi connectivity index (χ1n) is 6.23. The molecule has 3 N–H and O–H groups in total. The Bertz CT molecular complexity index is 545. The van der Waals surface area contributed by atoms with Crippen LogP contribution in [-0.2, 0) is 10.0 Å². The van der Waals surface area contributed by atoms with Crippen LogP contribution in [0.15, 0.2) is 23.2 Å². The van der Waals surface area contributed by atoms with Crippen molar-refractivity contribution in [1.29, 1.82) is 0 Å². The molecule has 0 bridgehead atoms. The number of sulfonamides is 1. The van der Waals surface area contributed by atoms with Crippen molar-refractivity contribution in [2.75, 3.05) is 12.3 Å². The average Bonchev–Trinajstić information content (AvgIpc) is 3.19. The molecule has 0 amide bonds. The van der Waals surface area contributed by atoms with Gasteiger partial charge in [-0.1, -0.05) is 0 Å². The number of nitrogens with one attached hydrogen (secondary N) is 1. The van der Waals surface area contributed by atoms with Crippen molar-refractivity contribution in [2.24, 2.45) is 11.3 Å². The summed E-state index contributed by atoms with van der Waals surface area (Å²) >= 11 is 0. The summed E-state index contributed by atoms with van der Waals surface area (Å²) in [5.74, 6) is 1.07. The number of rotatable bonds is 5. The fourth-order valence-electron chi connectivity index (χ4n) is 2.46. The molecule has 0 unspecified atom stereocenters. The average molecular weight is 267 g/mol. The first-order chi connectivity index (χ1) is 8.52. The van der Waals surface area contributed by atoms with Crippen molar-refractivity contribution in [3.05, 3.63) is 18.3 Å². The molecular weight excluding hydrogens is 250 g/mol. The third kappa shape index (κ3) is 2.22. The fraction of sp³-hybridized carbons (Fsp3) is 0.583. The molecular formula is C12H17N3O2S. The molecule has 2 aliphatic carbocycles. The van der Waals surface area contributed by atoms with E-state index in [9.17, 15) is 8.42 Å². The molecule has 2 aliphatic rings. The number of aromatic nitrogens is 1. The molecule has 2 saturated carbocycles. The van der Waals surface area contributed by atoms with Crippen molar-refractivity contribution >= 4 is 15.8 Å². The molecule has 1 aromatic rings. The third-order valence-corrected chi connectivity index (χ3v) is 5.41. The SMILES string of the molecule is Nc1ccc(S(=O)(=O)NCC2(C3CC3)CC2)cn1. The third-order valence-electron chi connectivity index (χ3n) is 4.02. The van der Waals surface area contributed by atoms with Crippen LogP contribution in [0.5, 0.6) is 0 Å². The minimum absolute atomic E-state index is 0.184.